The number of aliphatic hydroxyl groups is 1. The minimum Gasteiger partial charge on any atom is -0.493 e. The van der Waals surface area contributed by atoms with Crippen molar-refractivity contribution in [3.8, 4) is 34.1 Å². The Morgan fingerprint density at radius 1 is 1.06 bits per heavy atom. The molecule has 1 aliphatic rings. The van der Waals surface area contributed by atoms with Crippen LogP contribution in [-0.2, 0) is 6.42 Å². The van der Waals surface area contributed by atoms with Crippen molar-refractivity contribution in [1.82, 2.24) is 0 Å². The lowest BCUT2D eigenvalue weighted by molar-refractivity contribution is 0.0284. The molecule has 0 bridgehead atoms. The van der Waals surface area contributed by atoms with E-state index < -0.39 is 11.7 Å². The molecule has 4 rings (SSSR count). The van der Waals surface area contributed by atoms with E-state index in [0.29, 0.717) is 41.4 Å². The molecule has 3 aromatic rings. The first kappa shape index (κ1) is 25.6. The zero-order chi connectivity index (χ0) is 26.0. The van der Waals surface area contributed by atoms with Crippen LogP contribution in [0.2, 0.25) is 0 Å². The molecule has 0 saturated heterocycles. The van der Waals surface area contributed by atoms with E-state index in [4.69, 9.17) is 18.9 Å². The molecule has 0 saturated carbocycles. The second kappa shape index (κ2) is 10.2. The van der Waals surface area contributed by atoms with Crippen LogP contribution >= 0.6 is 0 Å². The third-order valence-corrected chi connectivity index (χ3v) is 6.27. The molecule has 36 heavy (non-hydrogen) atoms. The van der Waals surface area contributed by atoms with E-state index in [0.717, 1.165) is 27.8 Å². The SMILES string of the molecule is C=COc1cc(O[C@@H]2CCc3c(-c4c(C)cc(OCC(C)(C)O)cc4C)ccc(F)c32)ccc1OC. The second-order valence-corrected chi connectivity index (χ2v) is 9.76. The molecule has 0 unspecified atom stereocenters. The fraction of sp³-hybridized carbons (Fsp3) is 0.333. The van der Waals surface area contributed by atoms with Crippen LogP contribution in [0.25, 0.3) is 11.1 Å². The molecule has 0 spiro atoms. The number of rotatable bonds is 9. The van der Waals surface area contributed by atoms with Gasteiger partial charge in [0.1, 0.15) is 30.0 Å². The molecule has 190 valence electrons. The van der Waals surface area contributed by atoms with Gasteiger partial charge in [-0.15, -0.1) is 0 Å². The second-order valence-electron chi connectivity index (χ2n) is 9.76. The maximum atomic E-state index is 15.2. The van der Waals surface area contributed by atoms with Crippen LogP contribution < -0.4 is 18.9 Å². The summed E-state index contributed by atoms with van der Waals surface area (Å²) in [5.74, 6) is 2.04. The van der Waals surface area contributed by atoms with Crippen LogP contribution in [0.15, 0.2) is 55.3 Å². The summed E-state index contributed by atoms with van der Waals surface area (Å²) in [6.07, 6.45) is 2.27. The number of fused-ring (bicyclic) bond motifs is 1. The third-order valence-electron chi connectivity index (χ3n) is 6.27. The summed E-state index contributed by atoms with van der Waals surface area (Å²) in [5, 5.41) is 9.99. The van der Waals surface area contributed by atoms with E-state index in [1.54, 1.807) is 39.2 Å². The van der Waals surface area contributed by atoms with Gasteiger partial charge in [-0.3, -0.25) is 0 Å². The highest BCUT2D eigenvalue weighted by Gasteiger charge is 2.31. The molecule has 0 heterocycles. The van der Waals surface area contributed by atoms with Crippen molar-refractivity contribution >= 4 is 0 Å². The molecule has 0 radical (unpaired) electrons. The van der Waals surface area contributed by atoms with Crippen LogP contribution in [0.1, 0.15) is 48.6 Å². The monoisotopic (exact) mass is 492 g/mol. The van der Waals surface area contributed by atoms with Crippen molar-refractivity contribution in [2.24, 2.45) is 0 Å². The van der Waals surface area contributed by atoms with Gasteiger partial charge >= 0.3 is 0 Å². The van der Waals surface area contributed by atoms with Crippen LogP contribution in [0.4, 0.5) is 4.39 Å². The molecule has 0 aromatic heterocycles. The average molecular weight is 493 g/mol. The Morgan fingerprint density at radius 3 is 2.42 bits per heavy atom. The largest absolute Gasteiger partial charge is 0.493 e. The number of hydrogen-bond donors (Lipinski definition) is 1. The predicted molar refractivity (Wildman–Crippen MR) is 139 cm³/mol. The molecule has 1 atom stereocenters. The molecular formula is C30H33FO5. The van der Waals surface area contributed by atoms with Crippen LogP contribution in [0.5, 0.6) is 23.0 Å². The molecule has 0 aliphatic heterocycles. The normalized spacial score (nSPS) is 14.8. The Kier molecular flexibility index (Phi) is 7.27. The van der Waals surface area contributed by atoms with Crippen molar-refractivity contribution < 1.29 is 28.4 Å². The summed E-state index contributed by atoms with van der Waals surface area (Å²) in [4.78, 5) is 0. The molecule has 6 heteroatoms. The molecule has 1 aliphatic carbocycles. The highest BCUT2D eigenvalue weighted by atomic mass is 19.1. The molecule has 5 nitrogen and oxygen atoms in total. The van der Waals surface area contributed by atoms with Crippen molar-refractivity contribution in [2.45, 2.75) is 52.2 Å². The molecule has 0 amide bonds. The zero-order valence-corrected chi connectivity index (χ0v) is 21.5. The van der Waals surface area contributed by atoms with Gasteiger partial charge in [-0.05, 0) is 98.7 Å². The van der Waals surface area contributed by atoms with E-state index in [1.807, 2.05) is 32.0 Å². The van der Waals surface area contributed by atoms with Crippen molar-refractivity contribution in [3.63, 3.8) is 0 Å². The first-order chi connectivity index (χ1) is 17.1. The number of ether oxygens (including phenoxy) is 4. The summed E-state index contributed by atoms with van der Waals surface area (Å²) in [6.45, 7) is 11.3. The van der Waals surface area contributed by atoms with Gasteiger partial charge in [-0.2, -0.15) is 0 Å². The first-order valence-corrected chi connectivity index (χ1v) is 12.0. The minimum absolute atomic E-state index is 0.196. The topological polar surface area (TPSA) is 57.2 Å². The predicted octanol–water partition coefficient (Wildman–Crippen LogP) is 6.86. The fourth-order valence-electron chi connectivity index (χ4n) is 4.79. The van der Waals surface area contributed by atoms with Gasteiger partial charge in [0.2, 0.25) is 0 Å². The Labute approximate surface area is 212 Å². The van der Waals surface area contributed by atoms with Crippen molar-refractivity contribution in [1.29, 1.82) is 0 Å². The van der Waals surface area contributed by atoms with E-state index in [-0.39, 0.29) is 12.4 Å². The molecular weight excluding hydrogens is 459 g/mol. The van der Waals surface area contributed by atoms with E-state index in [9.17, 15) is 5.11 Å². The number of methoxy groups -OCH3 is 1. The molecule has 3 aromatic carbocycles. The summed E-state index contributed by atoms with van der Waals surface area (Å²) < 4.78 is 38.0. The van der Waals surface area contributed by atoms with Gasteiger partial charge in [0.05, 0.1) is 19.0 Å². The number of aryl methyl sites for hydroxylation is 2. The maximum Gasteiger partial charge on any atom is 0.172 e. The lowest BCUT2D eigenvalue weighted by Crippen LogP contribution is -2.27. The van der Waals surface area contributed by atoms with Gasteiger partial charge in [-0.1, -0.05) is 12.6 Å². The van der Waals surface area contributed by atoms with Gasteiger partial charge in [0.15, 0.2) is 11.5 Å². The van der Waals surface area contributed by atoms with E-state index >= 15 is 4.39 Å². The van der Waals surface area contributed by atoms with Gasteiger partial charge in [0, 0.05) is 11.6 Å². The highest BCUT2D eigenvalue weighted by Crippen LogP contribution is 2.44. The lowest BCUT2D eigenvalue weighted by atomic mass is 9.90. The molecule has 0 fully saturated rings. The highest BCUT2D eigenvalue weighted by molar-refractivity contribution is 5.76. The maximum absolute atomic E-state index is 15.2. The smallest absolute Gasteiger partial charge is 0.172 e. The standard InChI is InChI=1S/C30H33FO5/c1-7-34-27-16-20(8-12-25(27)33-6)36-26-13-10-23-22(9-11-24(31)29(23)26)28-18(2)14-21(15-19(28)3)35-17-30(4,5)32/h7-9,11-12,14-16,26,32H,1,10,13,17H2,2-6H3/t26-/m1/s1. The van der Waals surface area contributed by atoms with Crippen LogP contribution in [0.3, 0.4) is 0 Å². The summed E-state index contributed by atoms with van der Waals surface area (Å²) in [5.41, 5.74) is 4.76. The van der Waals surface area contributed by atoms with Gasteiger partial charge < -0.3 is 24.1 Å². The zero-order valence-electron chi connectivity index (χ0n) is 21.5. The Bertz CT molecular complexity index is 1250. The Balaban J connectivity index is 1.66. The Morgan fingerprint density at radius 2 is 1.78 bits per heavy atom. The number of hydrogen-bond acceptors (Lipinski definition) is 5. The number of halogens is 1. The van der Waals surface area contributed by atoms with E-state index in [2.05, 4.69) is 6.58 Å². The minimum atomic E-state index is -0.921. The first-order valence-electron chi connectivity index (χ1n) is 12.0. The third kappa shape index (κ3) is 5.34. The fourth-order valence-corrected chi connectivity index (χ4v) is 4.79. The van der Waals surface area contributed by atoms with Crippen LogP contribution in [0, 0.1) is 19.7 Å². The summed E-state index contributed by atoms with van der Waals surface area (Å²) >= 11 is 0. The molecule has 1 N–H and O–H groups in total. The Hall–Kier alpha value is -3.51. The van der Waals surface area contributed by atoms with E-state index in [1.165, 1.54) is 12.3 Å². The number of benzene rings is 3. The quantitative estimate of drug-likeness (QED) is 0.331. The van der Waals surface area contributed by atoms with Gasteiger partial charge in [-0.25, -0.2) is 4.39 Å². The lowest BCUT2D eigenvalue weighted by Gasteiger charge is -2.21. The summed E-state index contributed by atoms with van der Waals surface area (Å²) in [6, 6.07) is 12.6. The van der Waals surface area contributed by atoms with Crippen molar-refractivity contribution in [2.75, 3.05) is 13.7 Å². The van der Waals surface area contributed by atoms with Gasteiger partial charge in [0.25, 0.3) is 0 Å². The van der Waals surface area contributed by atoms with Crippen LogP contribution in [-0.4, -0.2) is 24.4 Å². The average Bonchev–Trinajstić information content (AvgIpc) is 3.23. The van der Waals surface area contributed by atoms with Crippen molar-refractivity contribution in [3.05, 3.63) is 83.4 Å². The summed E-state index contributed by atoms with van der Waals surface area (Å²) in [7, 11) is 1.56.